The summed E-state index contributed by atoms with van der Waals surface area (Å²) in [6.45, 7) is 4.44. The lowest BCUT2D eigenvalue weighted by Crippen LogP contribution is -2.15. The molecule has 0 fully saturated rings. The summed E-state index contributed by atoms with van der Waals surface area (Å²) in [4.78, 5) is 24.2. The molecule has 1 N–H and O–H groups in total. The van der Waals surface area contributed by atoms with Crippen LogP contribution in [0.5, 0.6) is 0 Å². The number of anilines is 1. The summed E-state index contributed by atoms with van der Waals surface area (Å²) in [7, 11) is 0. The second kappa shape index (κ2) is 10.0. The molecule has 0 saturated carbocycles. The number of rotatable bonds is 8. The van der Waals surface area contributed by atoms with Crippen LogP contribution in [-0.2, 0) is 16.1 Å². The van der Waals surface area contributed by atoms with E-state index in [1.54, 1.807) is 54.0 Å². The number of carbonyl (C=O) groups is 2. The number of halogens is 1. The van der Waals surface area contributed by atoms with Crippen LogP contribution in [0.3, 0.4) is 0 Å². The third-order valence-corrected chi connectivity index (χ3v) is 5.10. The number of benzene rings is 2. The van der Waals surface area contributed by atoms with E-state index in [0.717, 1.165) is 0 Å². The van der Waals surface area contributed by atoms with E-state index in [1.807, 2.05) is 6.92 Å². The molecule has 3 rings (SSSR count). The highest BCUT2D eigenvalue weighted by molar-refractivity contribution is 7.99. The van der Waals surface area contributed by atoms with E-state index < -0.39 is 5.97 Å². The largest absolute Gasteiger partial charge is 0.462 e. The molecule has 0 aliphatic rings. The Morgan fingerprint density at radius 1 is 1.13 bits per heavy atom. The van der Waals surface area contributed by atoms with Crippen molar-refractivity contribution in [2.75, 3.05) is 17.7 Å². The van der Waals surface area contributed by atoms with Crippen molar-refractivity contribution in [2.24, 2.45) is 0 Å². The van der Waals surface area contributed by atoms with E-state index in [4.69, 9.17) is 4.74 Å². The number of hydrogen-bond donors (Lipinski definition) is 1. The van der Waals surface area contributed by atoms with Crippen molar-refractivity contribution in [2.45, 2.75) is 25.5 Å². The van der Waals surface area contributed by atoms with Crippen LogP contribution in [0.4, 0.5) is 10.1 Å². The highest BCUT2D eigenvalue weighted by atomic mass is 32.2. The maximum atomic E-state index is 14.1. The first-order chi connectivity index (χ1) is 14.5. The zero-order chi connectivity index (χ0) is 21.5. The summed E-state index contributed by atoms with van der Waals surface area (Å²) < 4.78 is 20.8. The molecule has 0 spiro atoms. The molecule has 0 unspecified atom stereocenters. The molecular weight excluding hydrogens is 407 g/mol. The van der Waals surface area contributed by atoms with Gasteiger partial charge in [0.05, 0.1) is 23.5 Å². The second-order valence-corrected chi connectivity index (χ2v) is 7.11. The fourth-order valence-electron chi connectivity index (χ4n) is 2.79. The van der Waals surface area contributed by atoms with E-state index in [1.165, 1.54) is 17.8 Å². The van der Waals surface area contributed by atoms with Gasteiger partial charge >= 0.3 is 5.97 Å². The van der Waals surface area contributed by atoms with Crippen LogP contribution in [0.25, 0.3) is 11.4 Å². The Bertz CT molecular complexity index is 1050. The zero-order valence-electron chi connectivity index (χ0n) is 16.6. The van der Waals surface area contributed by atoms with Gasteiger partial charge in [-0.1, -0.05) is 30.0 Å². The summed E-state index contributed by atoms with van der Waals surface area (Å²) in [5.74, 6) is -0.589. The maximum absolute atomic E-state index is 14.1. The average Bonchev–Trinajstić information content (AvgIpc) is 3.15. The van der Waals surface area contributed by atoms with Gasteiger partial charge in [-0.3, -0.25) is 4.79 Å². The molecule has 9 heteroatoms. The molecule has 0 atom stereocenters. The lowest BCUT2D eigenvalue weighted by atomic mass is 10.2. The van der Waals surface area contributed by atoms with Crippen LogP contribution in [0.15, 0.2) is 53.7 Å². The third-order valence-electron chi connectivity index (χ3n) is 4.14. The topological polar surface area (TPSA) is 86.1 Å². The Morgan fingerprint density at radius 3 is 2.67 bits per heavy atom. The maximum Gasteiger partial charge on any atom is 0.338 e. The first-order valence-corrected chi connectivity index (χ1v) is 10.4. The van der Waals surface area contributed by atoms with Gasteiger partial charge in [0.1, 0.15) is 5.82 Å². The third kappa shape index (κ3) is 5.04. The van der Waals surface area contributed by atoms with Crippen molar-refractivity contribution in [1.82, 2.24) is 14.8 Å². The standard InChI is InChI=1S/C21H21FN4O3S/c1-3-26-19(16-10-5-6-11-17(16)22)24-25-21(26)30-13-18(27)23-15-9-7-8-14(12-15)20(28)29-4-2/h5-12H,3-4,13H2,1-2H3,(H,23,27). The number of nitrogens with one attached hydrogen (secondary N) is 1. The average molecular weight is 428 g/mol. The smallest absolute Gasteiger partial charge is 0.338 e. The van der Waals surface area contributed by atoms with Gasteiger partial charge in [-0.15, -0.1) is 10.2 Å². The Hall–Kier alpha value is -3.20. The van der Waals surface area contributed by atoms with E-state index in [-0.39, 0.29) is 24.1 Å². The van der Waals surface area contributed by atoms with E-state index in [0.29, 0.717) is 34.3 Å². The molecule has 0 radical (unpaired) electrons. The molecule has 1 amide bonds. The predicted molar refractivity (Wildman–Crippen MR) is 113 cm³/mol. The van der Waals surface area contributed by atoms with Gasteiger partial charge < -0.3 is 14.6 Å². The molecule has 0 bridgehead atoms. The van der Waals surface area contributed by atoms with Crippen LogP contribution < -0.4 is 5.32 Å². The molecule has 0 saturated heterocycles. The molecule has 156 valence electrons. The monoisotopic (exact) mass is 428 g/mol. The predicted octanol–water partition coefficient (Wildman–Crippen LogP) is 4.01. The van der Waals surface area contributed by atoms with Gasteiger partial charge in [0.2, 0.25) is 5.91 Å². The number of hydrogen-bond acceptors (Lipinski definition) is 6. The molecule has 7 nitrogen and oxygen atoms in total. The lowest BCUT2D eigenvalue weighted by Gasteiger charge is -2.09. The molecule has 1 heterocycles. The molecule has 30 heavy (non-hydrogen) atoms. The number of thioether (sulfide) groups is 1. The van der Waals surface area contributed by atoms with Crippen LogP contribution >= 0.6 is 11.8 Å². The Morgan fingerprint density at radius 2 is 1.93 bits per heavy atom. The van der Waals surface area contributed by atoms with E-state index >= 15 is 0 Å². The van der Waals surface area contributed by atoms with Crippen molar-refractivity contribution in [3.8, 4) is 11.4 Å². The number of amides is 1. The number of esters is 1. The van der Waals surface area contributed by atoms with Crippen molar-refractivity contribution < 1.29 is 18.7 Å². The summed E-state index contributed by atoms with van der Waals surface area (Å²) >= 11 is 1.20. The summed E-state index contributed by atoms with van der Waals surface area (Å²) in [6.07, 6.45) is 0. The summed E-state index contributed by atoms with van der Waals surface area (Å²) in [5.41, 5.74) is 1.22. The lowest BCUT2D eigenvalue weighted by molar-refractivity contribution is -0.113. The van der Waals surface area contributed by atoms with Gasteiger partial charge in [-0.25, -0.2) is 9.18 Å². The minimum atomic E-state index is -0.445. The minimum absolute atomic E-state index is 0.0824. The van der Waals surface area contributed by atoms with Gasteiger partial charge in [0, 0.05) is 12.2 Å². The summed E-state index contributed by atoms with van der Waals surface area (Å²) in [5, 5.41) is 11.5. The van der Waals surface area contributed by atoms with E-state index in [2.05, 4.69) is 15.5 Å². The quantitative estimate of drug-likeness (QED) is 0.431. The number of ether oxygens (including phenoxy) is 1. The number of carbonyl (C=O) groups excluding carboxylic acids is 2. The normalized spacial score (nSPS) is 10.6. The molecular formula is C21H21FN4O3S. The van der Waals surface area contributed by atoms with Crippen LogP contribution in [0, 0.1) is 5.82 Å². The molecule has 1 aromatic heterocycles. The van der Waals surface area contributed by atoms with Gasteiger partial charge in [0.15, 0.2) is 11.0 Å². The fraction of sp³-hybridized carbons (Fsp3) is 0.238. The van der Waals surface area contributed by atoms with E-state index in [9.17, 15) is 14.0 Å². The SMILES string of the molecule is CCOC(=O)c1cccc(NC(=O)CSc2nnc(-c3ccccc3F)n2CC)c1. The van der Waals surface area contributed by atoms with Gasteiger partial charge in [-0.2, -0.15) is 0 Å². The first kappa shape index (κ1) is 21.5. The highest BCUT2D eigenvalue weighted by Gasteiger charge is 2.17. The van der Waals surface area contributed by atoms with Crippen molar-refractivity contribution >= 4 is 29.3 Å². The zero-order valence-corrected chi connectivity index (χ0v) is 17.4. The Balaban J connectivity index is 1.66. The van der Waals surface area contributed by atoms with Crippen LogP contribution in [0.1, 0.15) is 24.2 Å². The number of nitrogens with zero attached hydrogens (tertiary/aromatic N) is 3. The minimum Gasteiger partial charge on any atom is -0.462 e. The number of aromatic nitrogens is 3. The molecule has 2 aromatic carbocycles. The fourth-order valence-corrected chi connectivity index (χ4v) is 3.59. The van der Waals surface area contributed by atoms with Gasteiger partial charge in [-0.05, 0) is 44.2 Å². The van der Waals surface area contributed by atoms with Gasteiger partial charge in [0.25, 0.3) is 0 Å². The Labute approximate surface area is 177 Å². The molecule has 0 aliphatic carbocycles. The highest BCUT2D eigenvalue weighted by Crippen LogP contribution is 2.26. The molecule has 3 aromatic rings. The second-order valence-electron chi connectivity index (χ2n) is 6.17. The van der Waals surface area contributed by atoms with Crippen molar-refractivity contribution in [1.29, 1.82) is 0 Å². The van der Waals surface area contributed by atoms with Crippen molar-refractivity contribution in [3.63, 3.8) is 0 Å². The molecule has 0 aliphatic heterocycles. The Kier molecular flexibility index (Phi) is 7.18. The van der Waals surface area contributed by atoms with Crippen LogP contribution in [-0.4, -0.2) is 39.0 Å². The summed E-state index contributed by atoms with van der Waals surface area (Å²) in [6, 6.07) is 12.9. The van der Waals surface area contributed by atoms with Crippen LogP contribution in [0.2, 0.25) is 0 Å². The van der Waals surface area contributed by atoms with Crippen molar-refractivity contribution in [3.05, 3.63) is 59.9 Å². The first-order valence-electron chi connectivity index (χ1n) is 9.41.